The van der Waals surface area contributed by atoms with Crippen LogP contribution in [0.3, 0.4) is 0 Å². The van der Waals surface area contributed by atoms with Crippen molar-refractivity contribution in [3.63, 3.8) is 0 Å². The van der Waals surface area contributed by atoms with E-state index < -0.39 is 0 Å². The number of nitrogens with zero attached hydrogens (tertiary/aromatic N) is 4. The summed E-state index contributed by atoms with van der Waals surface area (Å²) in [4.78, 5) is 23.4. The van der Waals surface area contributed by atoms with Gasteiger partial charge < -0.3 is 9.88 Å². The van der Waals surface area contributed by atoms with Gasteiger partial charge in [-0.1, -0.05) is 0 Å². The fourth-order valence-corrected chi connectivity index (χ4v) is 3.55. The fourth-order valence-electron chi connectivity index (χ4n) is 3.55. The van der Waals surface area contributed by atoms with E-state index in [-0.39, 0.29) is 12.8 Å². The Morgan fingerprint density at radius 2 is 2.04 bits per heavy atom. The summed E-state index contributed by atoms with van der Waals surface area (Å²) >= 11 is 0. The zero-order chi connectivity index (χ0) is 19.7. The van der Waals surface area contributed by atoms with E-state index >= 15 is 0 Å². The number of pyridine rings is 2. The molecule has 0 unspecified atom stereocenters. The molecule has 1 aliphatic heterocycles. The lowest BCUT2D eigenvalue weighted by atomic mass is 10.1. The smallest absolute Gasteiger partial charge is 0.251 e. The van der Waals surface area contributed by atoms with E-state index in [2.05, 4.69) is 14.9 Å². The number of piperazine rings is 1. The third-order valence-electron chi connectivity index (χ3n) is 5.13. The molecule has 4 rings (SSSR count). The Kier molecular flexibility index (Phi) is 4.80. The summed E-state index contributed by atoms with van der Waals surface area (Å²) in [6.07, 6.45) is 1.84. The zero-order valence-electron chi connectivity index (χ0n) is 15.6. The van der Waals surface area contributed by atoms with E-state index in [9.17, 15) is 9.18 Å². The molecule has 0 radical (unpaired) electrons. The van der Waals surface area contributed by atoms with Crippen molar-refractivity contribution in [1.29, 1.82) is 5.26 Å². The number of nitriles is 1. The number of nitrogens with one attached hydrogen (secondary N) is 1. The van der Waals surface area contributed by atoms with Gasteiger partial charge in [0.05, 0.1) is 28.4 Å². The van der Waals surface area contributed by atoms with Gasteiger partial charge in [0.15, 0.2) is 0 Å². The number of anilines is 1. The average Bonchev–Trinajstić information content (AvgIpc) is 2.70. The molecule has 1 aromatic carbocycles. The third-order valence-corrected chi connectivity index (χ3v) is 5.13. The van der Waals surface area contributed by atoms with Gasteiger partial charge in [-0.25, -0.2) is 4.39 Å². The second kappa shape index (κ2) is 7.41. The highest BCUT2D eigenvalue weighted by Crippen LogP contribution is 2.22. The number of fused-ring (bicyclic) bond motifs is 1. The summed E-state index contributed by atoms with van der Waals surface area (Å²) in [7, 11) is 0. The summed E-state index contributed by atoms with van der Waals surface area (Å²) in [5, 5.41) is 8.87. The SMILES string of the molecule is Cc1cc2ncc(CN3CCN(c4ccc(C#N)cc4F)CC3)cc2[nH]c1=O.[HH]. The number of H-pyrrole nitrogens is 1. The lowest BCUT2D eigenvalue weighted by molar-refractivity contribution is 0.249. The first-order valence-corrected chi connectivity index (χ1v) is 9.19. The van der Waals surface area contributed by atoms with Gasteiger partial charge in [0.2, 0.25) is 0 Å². The number of aromatic nitrogens is 2. The molecule has 3 heterocycles. The summed E-state index contributed by atoms with van der Waals surface area (Å²) in [6.45, 7) is 5.50. The molecule has 0 atom stereocenters. The van der Waals surface area contributed by atoms with Gasteiger partial charge in [0, 0.05) is 45.9 Å². The molecule has 0 bridgehead atoms. The van der Waals surface area contributed by atoms with Crippen LogP contribution in [0.5, 0.6) is 0 Å². The zero-order valence-corrected chi connectivity index (χ0v) is 15.6. The van der Waals surface area contributed by atoms with E-state index in [1.54, 1.807) is 25.1 Å². The summed E-state index contributed by atoms with van der Waals surface area (Å²) < 4.78 is 14.2. The van der Waals surface area contributed by atoms with Crippen molar-refractivity contribution in [2.24, 2.45) is 0 Å². The molecule has 3 aromatic rings. The van der Waals surface area contributed by atoms with Crippen LogP contribution in [0.1, 0.15) is 18.1 Å². The fraction of sp³-hybridized carbons (Fsp3) is 0.286. The Morgan fingerprint density at radius 1 is 1.25 bits per heavy atom. The van der Waals surface area contributed by atoms with Crippen molar-refractivity contribution < 1.29 is 5.82 Å². The Bertz CT molecular complexity index is 1130. The summed E-state index contributed by atoms with van der Waals surface area (Å²) in [5.74, 6) is -0.356. The molecular weight excluding hydrogens is 357 g/mol. The lowest BCUT2D eigenvalue weighted by Crippen LogP contribution is -2.46. The van der Waals surface area contributed by atoms with E-state index in [0.29, 0.717) is 29.9 Å². The molecule has 144 valence electrons. The number of benzene rings is 1. The Balaban J connectivity index is 0.00000240. The predicted octanol–water partition coefficient (Wildman–Crippen LogP) is 2.81. The second-order valence-corrected chi connectivity index (χ2v) is 7.10. The molecule has 1 N–H and O–H groups in total. The van der Waals surface area contributed by atoms with Crippen LogP contribution in [0.2, 0.25) is 0 Å². The minimum Gasteiger partial charge on any atom is -0.367 e. The monoisotopic (exact) mass is 379 g/mol. The highest BCUT2D eigenvalue weighted by atomic mass is 19.1. The Morgan fingerprint density at radius 3 is 2.75 bits per heavy atom. The molecule has 7 heteroatoms. The first kappa shape index (κ1) is 18.1. The van der Waals surface area contributed by atoms with E-state index in [4.69, 9.17) is 5.26 Å². The van der Waals surface area contributed by atoms with Crippen molar-refractivity contribution in [3.05, 3.63) is 69.4 Å². The summed E-state index contributed by atoms with van der Waals surface area (Å²) in [6, 6.07) is 10.3. The van der Waals surface area contributed by atoms with Crippen LogP contribution in [-0.4, -0.2) is 41.0 Å². The van der Waals surface area contributed by atoms with Gasteiger partial charge in [0.1, 0.15) is 5.82 Å². The van der Waals surface area contributed by atoms with Crippen molar-refractivity contribution in [1.82, 2.24) is 14.9 Å². The quantitative estimate of drug-likeness (QED) is 0.757. The van der Waals surface area contributed by atoms with E-state index in [1.165, 1.54) is 6.07 Å². The number of rotatable bonds is 3. The van der Waals surface area contributed by atoms with Crippen LogP contribution < -0.4 is 10.5 Å². The minimum absolute atomic E-state index is 0. The van der Waals surface area contributed by atoms with Crippen molar-refractivity contribution >= 4 is 16.7 Å². The van der Waals surface area contributed by atoms with Gasteiger partial charge in [-0.05, 0) is 42.8 Å². The maximum absolute atomic E-state index is 14.2. The number of hydrogen-bond acceptors (Lipinski definition) is 5. The van der Waals surface area contributed by atoms with Gasteiger partial charge in [-0.2, -0.15) is 5.26 Å². The van der Waals surface area contributed by atoms with Crippen molar-refractivity contribution in [2.75, 3.05) is 31.1 Å². The third kappa shape index (κ3) is 3.59. The highest BCUT2D eigenvalue weighted by Gasteiger charge is 2.20. The molecular formula is C21H22FN5O. The van der Waals surface area contributed by atoms with Gasteiger partial charge in [-0.15, -0.1) is 0 Å². The molecule has 0 aliphatic carbocycles. The molecule has 2 aromatic heterocycles. The molecule has 6 nitrogen and oxygen atoms in total. The first-order chi connectivity index (χ1) is 13.5. The standard InChI is InChI=1S/C21H20FN5O.H2/c1-14-8-18-19(25-21(14)28)10-16(12-24-18)13-26-4-6-27(7-5-26)20-3-2-15(11-23)9-17(20)22;/h2-3,8-10,12H,4-7,13H2,1H3,(H,25,28);1H. The first-order valence-electron chi connectivity index (χ1n) is 9.19. The maximum Gasteiger partial charge on any atom is 0.251 e. The molecule has 1 fully saturated rings. The summed E-state index contributed by atoms with van der Waals surface area (Å²) in [5.41, 5.74) is 3.98. The van der Waals surface area contributed by atoms with Crippen LogP contribution >= 0.6 is 0 Å². The molecule has 0 saturated carbocycles. The number of halogens is 1. The molecule has 0 amide bonds. The van der Waals surface area contributed by atoms with Crippen molar-refractivity contribution in [3.8, 4) is 6.07 Å². The number of hydrogen-bond donors (Lipinski definition) is 1. The van der Waals surface area contributed by atoms with Crippen LogP contribution in [0, 0.1) is 24.1 Å². The van der Waals surface area contributed by atoms with Crippen LogP contribution in [-0.2, 0) is 6.54 Å². The highest BCUT2D eigenvalue weighted by molar-refractivity contribution is 5.74. The maximum atomic E-state index is 14.2. The largest absolute Gasteiger partial charge is 0.367 e. The molecule has 1 aliphatic rings. The Hall–Kier alpha value is -3.24. The van der Waals surface area contributed by atoms with Gasteiger partial charge in [0.25, 0.3) is 5.56 Å². The lowest BCUT2D eigenvalue weighted by Gasteiger charge is -2.36. The van der Waals surface area contributed by atoms with Crippen LogP contribution in [0.4, 0.5) is 10.1 Å². The molecule has 0 spiro atoms. The molecule has 28 heavy (non-hydrogen) atoms. The van der Waals surface area contributed by atoms with Gasteiger partial charge in [-0.3, -0.25) is 14.7 Å². The number of aryl methyl sites for hydroxylation is 1. The van der Waals surface area contributed by atoms with Gasteiger partial charge >= 0.3 is 0 Å². The predicted molar refractivity (Wildman–Crippen MR) is 108 cm³/mol. The normalized spacial score (nSPS) is 15.0. The topological polar surface area (TPSA) is 76.0 Å². The Labute approximate surface area is 163 Å². The van der Waals surface area contributed by atoms with E-state index in [0.717, 1.165) is 36.2 Å². The van der Waals surface area contributed by atoms with Crippen LogP contribution in [0.15, 0.2) is 41.3 Å². The average molecular weight is 379 g/mol. The second-order valence-electron chi connectivity index (χ2n) is 7.10. The van der Waals surface area contributed by atoms with Crippen LogP contribution in [0.25, 0.3) is 11.0 Å². The van der Waals surface area contributed by atoms with Crippen molar-refractivity contribution in [2.45, 2.75) is 13.5 Å². The van der Waals surface area contributed by atoms with E-state index in [1.807, 2.05) is 23.2 Å². The number of aromatic amines is 1. The molecule has 1 saturated heterocycles. The minimum atomic E-state index is -0.356.